The first kappa shape index (κ1) is 45.4. The van der Waals surface area contributed by atoms with Crippen LogP contribution in [-0.2, 0) is 19.1 Å². The highest BCUT2D eigenvalue weighted by Crippen LogP contribution is 2.14. The van der Waals surface area contributed by atoms with Crippen LogP contribution in [0.4, 0.5) is 0 Å². The number of allylic oxidation sites excluding steroid dienone is 4. The molecule has 0 aliphatic rings. The molecule has 0 spiro atoms. The zero-order valence-corrected chi connectivity index (χ0v) is 31.3. The van der Waals surface area contributed by atoms with Crippen LogP contribution in [0.5, 0.6) is 0 Å². The molecule has 0 aromatic carbocycles. The Bertz CT molecular complexity index is 716. The molecule has 1 N–H and O–H groups in total. The summed E-state index contributed by atoms with van der Waals surface area (Å²) in [5.41, 5.74) is 0. The van der Waals surface area contributed by atoms with E-state index >= 15 is 0 Å². The van der Waals surface area contributed by atoms with E-state index in [0.717, 1.165) is 44.9 Å². The highest BCUT2D eigenvalue weighted by Gasteiger charge is 2.16. The summed E-state index contributed by atoms with van der Waals surface area (Å²) in [5, 5.41) is 9.55. The molecule has 5 heteroatoms. The molecule has 0 unspecified atom stereocenters. The summed E-state index contributed by atoms with van der Waals surface area (Å²) in [4.78, 5) is 24.2. The first-order valence-corrected chi connectivity index (χ1v) is 20.4. The molecule has 0 rings (SSSR count). The van der Waals surface area contributed by atoms with Crippen molar-refractivity contribution >= 4 is 11.9 Å². The third-order valence-electron chi connectivity index (χ3n) is 8.97. The number of carbonyl (C=O) groups is 2. The highest BCUT2D eigenvalue weighted by molar-refractivity contribution is 5.70. The Hall–Kier alpha value is -1.62. The van der Waals surface area contributed by atoms with Crippen LogP contribution in [0, 0.1) is 0 Å². The molecule has 0 radical (unpaired) electrons. The Morgan fingerprint density at radius 2 is 0.787 bits per heavy atom. The number of hydrogen-bond donors (Lipinski definition) is 1. The van der Waals surface area contributed by atoms with E-state index in [1.807, 2.05) is 0 Å². The van der Waals surface area contributed by atoms with Gasteiger partial charge in [0.15, 0.2) is 6.10 Å². The number of rotatable bonds is 37. The molecule has 1 atom stereocenters. The third-order valence-corrected chi connectivity index (χ3v) is 8.97. The molecule has 0 heterocycles. The Morgan fingerprint density at radius 3 is 1.15 bits per heavy atom. The van der Waals surface area contributed by atoms with Crippen molar-refractivity contribution in [3.63, 3.8) is 0 Å². The third kappa shape index (κ3) is 37.1. The topological polar surface area (TPSA) is 72.8 Å². The van der Waals surface area contributed by atoms with E-state index in [4.69, 9.17) is 9.47 Å². The molecule has 5 nitrogen and oxygen atoms in total. The average molecular weight is 663 g/mol. The van der Waals surface area contributed by atoms with Crippen LogP contribution in [0.15, 0.2) is 24.3 Å². The lowest BCUT2D eigenvalue weighted by Gasteiger charge is -2.15. The second kappa shape index (κ2) is 38.8. The van der Waals surface area contributed by atoms with E-state index in [1.54, 1.807) is 0 Å². The molecule has 0 amide bonds. The van der Waals surface area contributed by atoms with Crippen LogP contribution in [-0.4, -0.2) is 36.4 Å². The normalized spacial score (nSPS) is 12.3. The molecule has 0 saturated heterocycles. The Balaban J connectivity index is 3.53. The van der Waals surface area contributed by atoms with Crippen molar-refractivity contribution < 1.29 is 24.2 Å². The van der Waals surface area contributed by atoms with Crippen molar-refractivity contribution in [3.8, 4) is 0 Å². The number of hydrogen-bond acceptors (Lipinski definition) is 5. The molecule has 0 bridgehead atoms. The summed E-state index contributed by atoms with van der Waals surface area (Å²) in [6.45, 7) is 4.12. The average Bonchev–Trinajstić information content (AvgIpc) is 3.07. The molecular weight excluding hydrogens is 584 g/mol. The molecule has 0 aliphatic carbocycles. The van der Waals surface area contributed by atoms with Crippen LogP contribution in [0.2, 0.25) is 0 Å². The highest BCUT2D eigenvalue weighted by atomic mass is 16.6. The summed E-state index contributed by atoms with van der Waals surface area (Å²) >= 11 is 0. The summed E-state index contributed by atoms with van der Waals surface area (Å²) in [7, 11) is 0. The summed E-state index contributed by atoms with van der Waals surface area (Å²) in [5.74, 6) is -0.597. The lowest BCUT2D eigenvalue weighted by Crippen LogP contribution is -2.28. The lowest BCUT2D eigenvalue weighted by molar-refractivity contribution is -0.161. The molecule has 0 fully saturated rings. The van der Waals surface area contributed by atoms with Gasteiger partial charge < -0.3 is 14.6 Å². The SMILES string of the molecule is CCCCCCC/C=C\CCCCCCCC(=O)OC[C@H](CO)OC(=O)CCCCCCCCCCC/C=C\CCCCCCCC. The van der Waals surface area contributed by atoms with Gasteiger partial charge >= 0.3 is 11.9 Å². The van der Waals surface area contributed by atoms with Crippen LogP contribution < -0.4 is 0 Å². The molecule has 0 aromatic heterocycles. The Morgan fingerprint density at radius 1 is 0.468 bits per heavy atom. The van der Waals surface area contributed by atoms with E-state index < -0.39 is 6.10 Å². The van der Waals surface area contributed by atoms with Crippen molar-refractivity contribution in [1.82, 2.24) is 0 Å². The molecular formula is C42H78O5. The van der Waals surface area contributed by atoms with Crippen LogP contribution >= 0.6 is 0 Å². The van der Waals surface area contributed by atoms with Gasteiger partial charge in [0.1, 0.15) is 6.61 Å². The van der Waals surface area contributed by atoms with Crippen molar-refractivity contribution in [3.05, 3.63) is 24.3 Å². The number of carbonyl (C=O) groups excluding carboxylic acids is 2. The minimum atomic E-state index is -0.772. The Labute approximate surface area is 292 Å². The molecule has 0 aromatic rings. The first-order valence-electron chi connectivity index (χ1n) is 20.4. The summed E-state index contributed by atoms with van der Waals surface area (Å²) in [6, 6.07) is 0. The Kier molecular flexibility index (Phi) is 37.5. The van der Waals surface area contributed by atoms with Gasteiger partial charge in [0.25, 0.3) is 0 Å². The molecule has 0 aliphatic heterocycles. The maximum absolute atomic E-state index is 12.2. The molecule has 47 heavy (non-hydrogen) atoms. The largest absolute Gasteiger partial charge is 0.462 e. The zero-order chi connectivity index (χ0) is 34.3. The van der Waals surface area contributed by atoms with Gasteiger partial charge in [0.05, 0.1) is 6.61 Å². The standard InChI is InChI=1S/C42H78O5/c1-3-5-7-9-11-13-15-17-19-20-21-22-23-25-27-29-31-33-35-37-42(45)47-40(38-43)39-46-41(44)36-34-32-30-28-26-24-18-16-14-12-10-8-6-4-2/h16-19,40,43H,3-15,20-39H2,1-2H3/b18-16-,19-17-/t40-/m0/s1. The van der Waals surface area contributed by atoms with E-state index in [1.165, 1.54) is 141 Å². The van der Waals surface area contributed by atoms with Crippen LogP contribution in [0.25, 0.3) is 0 Å². The second-order valence-corrected chi connectivity index (χ2v) is 13.7. The van der Waals surface area contributed by atoms with Gasteiger partial charge in [0.2, 0.25) is 0 Å². The molecule has 0 saturated carbocycles. The van der Waals surface area contributed by atoms with E-state index in [-0.39, 0.29) is 25.2 Å². The fourth-order valence-corrected chi connectivity index (χ4v) is 5.84. The van der Waals surface area contributed by atoms with E-state index in [0.29, 0.717) is 12.8 Å². The summed E-state index contributed by atoms with van der Waals surface area (Å²) < 4.78 is 10.6. The van der Waals surface area contributed by atoms with Gasteiger partial charge in [-0.2, -0.15) is 0 Å². The maximum atomic E-state index is 12.2. The smallest absolute Gasteiger partial charge is 0.306 e. The predicted molar refractivity (Wildman–Crippen MR) is 201 cm³/mol. The maximum Gasteiger partial charge on any atom is 0.306 e. The van der Waals surface area contributed by atoms with Crippen LogP contribution in [0.3, 0.4) is 0 Å². The second-order valence-electron chi connectivity index (χ2n) is 13.7. The fraction of sp³-hybridized carbons (Fsp3) is 0.857. The first-order chi connectivity index (χ1) is 23.1. The van der Waals surface area contributed by atoms with Gasteiger partial charge in [-0.3, -0.25) is 9.59 Å². The number of aliphatic hydroxyl groups excluding tert-OH is 1. The van der Waals surface area contributed by atoms with E-state index in [2.05, 4.69) is 38.2 Å². The van der Waals surface area contributed by atoms with E-state index in [9.17, 15) is 14.7 Å². The summed E-state index contributed by atoms with van der Waals surface area (Å²) in [6.07, 6.45) is 45.2. The van der Waals surface area contributed by atoms with Crippen molar-refractivity contribution in [2.45, 2.75) is 219 Å². The van der Waals surface area contributed by atoms with Gasteiger partial charge in [-0.25, -0.2) is 0 Å². The van der Waals surface area contributed by atoms with Crippen LogP contribution in [0.1, 0.15) is 213 Å². The van der Waals surface area contributed by atoms with Gasteiger partial charge in [-0.15, -0.1) is 0 Å². The molecule has 276 valence electrons. The number of aliphatic hydroxyl groups is 1. The minimum Gasteiger partial charge on any atom is -0.462 e. The van der Waals surface area contributed by atoms with Crippen molar-refractivity contribution in [2.24, 2.45) is 0 Å². The number of ether oxygens (including phenoxy) is 2. The lowest BCUT2D eigenvalue weighted by atomic mass is 10.1. The van der Waals surface area contributed by atoms with Gasteiger partial charge in [-0.1, -0.05) is 160 Å². The van der Waals surface area contributed by atoms with Gasteiger partial charge in [0, 0.05) is 12.8 Å². The number of esters is 2. The monoisotopic (exact) mass is 663 g/mol. The van der Waals surface area contributed by atoms with Crippen molar-refractivity contribution in [2.75, 3.05) is 13.2 Å². The number of unbranched alkanes of at least 4 members (excludes halogenated alkanes) is 25. The quantitative estimate of drug-likeness (QED) is 0.0407. The van der Waals surface area contributed by atoms with Crippen molar-refractivity contribution in [1.29, 1.82) is 0 Å². The fourth-order valence-electron chi connectivity index (χ4n) is 5.84. The predicted octanol–water partition coefficient (Wildman–Crippen LogP) is 12.7. The minimum absolute atomic E-state index is 0.0680. The van der Waals surface area contributed by atoms with Gasteiger partial charge in [-0.05, 0) is 64.2 Å². The zero-order valence-electron chi connectivity index (χ0n) is 31.3.